The van der Waals surface area contributed by atoms with Crippen molar-refractivity contribution in [1.82, 2.24) is 0 Å². The fraction of sp³-hybridized carbons (Fsp3) is 0.111. The Kier molecular flexibility index (Phi) is 2.55. The van der Waals surface area contributed by atoms with E-state index in [0.717, 1.165) is 16.3 Å². The molecule has 11 heavy (non-hydrogen) atoms. The Morgan fingerprint density at radius 2 is 2.27 bits per heavy atom. The second-order valence-corrected chi connectivity index (χ2v) is 2.62. The molecule has 0 heterocycles. The molecular formula is C9H10ClN. The summed E-state index contributed by atoms with van der Waals surface area (Å²) < 4.78 is 0. The van der Waals surface area contributed by atoms with E-state index in [9.17, 15) is 0 Å². The summed E-state index contributed by atoms with van der Waals surface area (Å²) in [4.78, 5) is 0. The standard InChI is InChI=1S/C9H10ClN/c1-3-7-6-8(10)4-5-9(7)11-2/h3-6,11H,1H2,2H3. The van der Waals surface area contributed by atoms with E-state index in [4.69, 9.17) is 11.6 Å². The van der Waals surface area contributed by atoms with E-state index in [2.05, 4.69) is 11.9 Å². The van der Waals surface area contributed by atoms with Crippen LogP contribution >= 0.6 is 11.6 Å². The summed E-state index contributed by atoms with van der Waals surface area (Å²) in [5.74, 6) is 0. The van der Waals surface area contributed by atoms with Gasteiger partial charge in [0.2, 0.25) is 0 Å². The van der Waals surface area contributed by atoms with Crippen molar-refractivity contribution >= 4 is 23.4 Å². The van der Waals surface area contributed by atoms with Crippen LogP contribution in [0.5, 0.6) is 0 Å². The van der Waals surface area contributed by atoms with E-state index in [0.29, 0.717) is 0 Å². The van der Waals surface area contributed by atoms with Gasteiger partial charge in [-0.2, -0.15) is 0 Å². The van der Waals surface area contributed by atoms with Crippen molar-refractivity contribution in [3.8, 4) is 0 Å². The molecule has 0 bridgehead atoms. The molecule has 0 spiro atoms. The molecule has 0 unspecified atom stereocenters. The summed E-state index contributed by atoms with van der Waals surface area (Å²) in [7, 11) is 1.87. The van der Waals surface area contributed by atoms with Crippen LogP contribution in [0, 0.1) is 0 Å². The minimum atomic E-state index is 0.735. The van der Waals surface area contributed by atoms with Crippen LogP contribution in [0.3, 0.4) is 0 Å². The molecule has 1 N–H and O–H groups in total. The number of anilines is 1. The first kappa shape index (κ1) is 8.15. The number of rotatable bonds is 2. The van der Waals surface area contributed by atoms with Crippen molar-refractivity contribution in [1.29, 1.82) is 0 Å². The maximum atomic E-state index is 5.78. The van der Waals surface area contributed by atoms with E-state index in [1.807, 2.05) is 25.2 Å². The van der Waals surface area contributed by atoms with Crippen molar-refractivity contribution in [3.63, 3.8) is 0 Å². The minimum absolute atomic E-state index is 0.735. The van der Waals surface area contributed by atoms with Crippen LogP contribution < -0.4 is 5.32 Å². The lowest BCUT2D eigenvalue weighted by atomic mass is 10.2. The number of hydrogen-bond acceptors (Lipinski definition) is 1. The van der Waals surface area contributed by atoms with Gasteiger partial charge in [-0.15, -0.1) is 0 Å². The van der Waals surface area contributed by atoms with Crippen LogP contribution in [0.1, 0.15) is 5.56 Å². The highest BCUT2D eigenvalue weighted by Crippen LogP contribution is 2.20. The van der Waals surface area contributed by atoms with Gasteiger partial charge < -0.3 is 5.32 Å². The van der Waals surface area contributed by atoms with Gasteiger partial charge in [-0.25, -0.2) is 0 Å². The predicted octanol–water partition coefficient (Wildman–Crippen LogP) is 3.02. The van der Waals surface area contributed by atoms with Gasteiger partial charge in [0.15, 0.2) is 0 Å². The Bertz CT molecular complexity index is 268. The quantitative estimate of drug-likeness (QED) is 0.714. The Morgan fingerprint density at radius 1 is 1.55 bits per heavy atom. The first-order valence-electron chi connectivity index (χ1n) is 3.37. The maximum absolute atomic E-state index is 5.78. The van der Waals surface area contributed by atoms with Crippen molar-refractivity contribution in [2.24, 2.45) is 0 Å². The molecule has 0 radical (unpaired) electrons. The summed E-state index contributed by atoms with van der Waals surface area (Å²) in [6.07, 6.45) is 1.78. The molecule has 0 saturated carbocycles. The molecule has 0 amide bonds. The number of nitrogens with one attached hydrogen (secondary N) is 1. The van der Waals surface area contributed by atoms with E-state index >= 15 is 0 Å². The van der Waals surface area contributed by atoms with Crippen molar-refractivity contribution in [3.05, 3.63) is 35.4 Å². The summed E-state index contributed by atoms with van der Waals surface area (Å²) in [5.41, 5.74) is 2.07. The smallest absolute Gasteiger partial charge is 0.0413 e. The van der Waals surface area contributed by atoms with Gasteiger partial charge in [0.05, 0.1) is 0 Å². The largest absolute Gasteiger partial charge is 0.388 e. The SMILES string of the molecule is C=Cc1cc(Cl)ccc1NC. The Labute approximate surface area is 71.7 Å². The molecule has 0 aliphatic rings. The first-order chi connectivity index (χ1) is 5.27. The normalized spacial score (nSPS) is 9.27. The van der Waals surface area contributed by atoms with Gasteiger partial charge in [0.1, 0.15) is 0 Å². The third kappa shape index (κ3) is 1.75. The van der Waals surface area contributed by atoms with Crippen LogP contribution in [-0.2, 0) is 0 Å². The van der Waals surface area contributed by atoms with Gasteiger partial charge in [-0.05, 0) is 23.8 Å². The number of benzene rings is 1. The third-order valence-corrected chi connectivity index (χ3v) is 1.74. The summed E-state index contributed by atoms with van der Waals surface area (Å²) >= 11 is 5.78. The molecule has 0 atom stereocenters. The van der Waals surface area contributed by atoms with Gasteiger partial charge in [-0.3, -0.25) is 0 Å². The van der Waals surface area contributed by atoms with E-state index in [-0.39, 0.29) is 0 Å². The van der Waals surface area contributed by atoms with Crippen LogP contribution in [-0.4, -0.2) is 7.05 Å². The fourth-order valence-electron chi connectivity index (χ4n) is 0.930. The average molecular weight is 168 g/mol. The number of halogens is 1. The van der Waals surface area contributed by atoms with E-state index < -0.39 is 0 Å². The highest BCUT2D eigenvalue weighted by molar-refractivity contribution is 6.30. The van der Waals surface area contributed by atoms with Crippen LogP contribution in [0.4, 0.5) is 5.69 Å². The lowest BCUT2D eigenvalue weighted by Crippen LogP contribution is -1.90. The molecule has 0 aliphatic heterocycles. The first-order valence-corrected chi connectivity index (χ1v) is 3.75. The van der Waals surface area contributed by atoms with Gasteiger partial charge in [0, 0.05) is 17.8 Å². The highest BCUT2D eigenvalue weighted by Gasteiger charge is 1.96. The molecule has 0 saturated heterocycles. The molecule has 1 aromatic carbocycles. The summed E-state index contributed by atoms with van der Waals surface area (Å²) in [6.45, 7) is 3.68. The molecule has 1 rings (SSSR count). The number of hydrogen-bond donors (Lipinski definition) is 1. The molecule has 0 aromatic heterocycles. The van der Waals surface area contributed by atoms with Gasteiger partial charge in [0.25, 0.3) is 0 Å². The molecule has 0 aliphatic carbocycles. The topological polar surface area (TPSA) is 12.0 Å². The highest BCUT2D eigenvalue weighted by atomic mass is 35.5. The summed E-state index contributed by atoms with van der Waals surface area (Å²) in [6, 6.07) is 5.65. The zero-order valence-corrected chi connectivity index (χ0v) is 7.15. The molecule has 1 nitrogen and oxygen atoms in total. The molecule has 0 fully saturated rings. The Balaban J connectivity index is 3.16. The zero-order valence-electron chi connectivity index (χ0n) is 6.39. The summed E-state index contributed by atoms with van der Waals surface area (Å²) in [5, 5.41) is 3.78. The van der Waals surface area contributed by atoms with Crippen LogP contribution in [0.25, 0.3) is 6.08 Å². The fourth-order valence-corrected chi connectivity index (χ4v) is 1.11. The van der Waals surface area contributed by atoms with Gasteiger partial charge >= 0.3 is 0 Å². The maximum Gasteiger partial charge on any atom is 0.0413 e. The second kappa shape index (κ2) is 3.44. The van der Waals surface area contributed by atoms with Crippen LogP contribution in [0.2, 0.25) is 5.02 Å². The lowest BCUT2D eigenvalue weighted by Gasteiger charge is -2.04. The van der Waals surface area contributed by atoms with E-state index in [1.54, 1.807) is 6.08 Å². The molecular weight excluding hydrogens is 158 g/mol. The Hall–Kier alpha value is -0.950. The predicted molar refractivity (Wildman–Crippen MR) is 51.1 cm³/mol. The Morgan fingerprint density at radius 3 is 2.82 bits per heavy atom. The van der Waals surface area contributed by atoms with Crippen LogP contribution in [0.15, 0.2) is 24.8 Å². The van der Waals surface area contributed by atoms with E-state index in [1.165, 1.54) is 0 Å². The lowest BCUT2D eigenvalue weighted by molar-refractivity contribution is 1.49. The molecule has 2 heteroatoms. The van der Waals surface area contributed by atoms with Crippen molar-refractivity contribution < 1.29 is 0 Å². The van der Waals surface area contributed by atoms with Crippen molar-refractivity contribution in [2.45, 2.75) is 0 Å². The molecule has 1 aromatic rings. The van der Waals surface area contributed by atoms with Crippen molar-refractivity contribution in [2.75, 3.05) is 12.4 Å². The second-order valence-electron chi connectivity index (χ2n) is 2.19. The molecule has 58 valence electrons. The zero-order chi connectivity index (χ0) is 8.27. The average Bonchev–Trinajstić information content (AvgIpc) is 2.04. The monoisotopic (exact) mass is 167 g/mol. The third-order valence-electron chi connectivity index (χ3n) is 1.50. The minimum Gasteiger partial charge on any atom is -0.388 e. The van der Waals surface area contributed by atoms with Gasteiger partial charge in [-0.1, -0.05) is 24.3 Å².